The molecule has 5 nitrogen and oxygen atoms in total. The molecule has 1 aliphatic heterocycles. The Morgan fingerprint density at radius 1 is 1.21 bits per heavy atom. The number of aliphatic hydroxyl groups is 1. The number of anilines is 1. The van der Waals surface area contributed by atoms with Crippen molar-refractivity contribution < 1.29 is 9.84 Å². The molecule has 1 aliphatic rings. The largest absolute Gasteiger partial charge is 0.390 e. The Morgan fingerprint density at radius 3 is 2.57 bits per heavy atom. The summed E-state index contributed by atoms with van der Waals surface area (Å²) in [5.41, 5.74) is 3.00. The number of piperidine rings is 1. The Morgan fingerprint density at radius 2 is 1.93 bits per heavy atom. The molecule has 1 fully saturated rings. The van der Waals surface area contributed by atoms with Crippen molar-refractivity contribution in [2.75, 3.05) is 31.7 Å². The van der Waals surface area contributed by atoms with Crippen LogP contribution in [0.2, 0.25) is 10.0 Å². The third kappa shape index (κ3) is 4.43. The first-order valence-electron chi connectivity index (χ1n) is 9.55. The highest BCUT2D eigenvalue weighted by atomic mass is 35.5. The molecule has 0 atom stereocenters. The second-order valence-electron chi connectivity index (χ2n) is 7.73. The Bertz CT molecular complexity index is 837. The molecule has 0 amide bonds. The van der Waals surface area contributed by atoms with Gasteiger partial charge in [-0.25, -0.2) is 9.97 Å². The zero-order chi connectivity index (χ0) is 20.3. The molecule has 0 spiro atoms. The van der Waals surface area contributed by atoms with Gasteiger partial charge in [-0.2, -0.15) is 0 Å². The summed E-state index contributed by atoms with van der Waals surface area (Å²) in [4.78, 5) is 11.7. The first-order chi connectivity index (χ1) is 13.4. The van der Waals surface area contributed by atoms with E-state index >= 15 is 0 Å². The highest BCUT2D eigenvalue weighted by Gasteiger charge is 2.31. The molecule has 0 unspecified atom stereocenters. The number of ether oxygens (including phenoxy) is 1. The Balaban J connectivity index is 1.88. The first-order valence-corrected chi connectivity index (χ1v) is 10.3. The van der Waals surface area contributed by atoms with E-state index in [1.807, 2.05) is 19.1 Å². The number of aromatic nitrogens is 2. The number of aliphatic hydroxyl groups excluding tert-OH is 1. The summed E-state index contributed by atoms with van der Waals surface area (Å²) in [5, 5.41) is 10.9. The van der Waals surface area contributed by atoms with Gasteiger partial charge in [-0.1, -0.05) is 42.3 Å². The maximum atomic E-state index is 9.95. The Hall–Kier alpha value is -1.40. The molecule has 7 heteroatoms. The van der Waals surface area contributed by atoms with Crippen molar-refractivity contribution in [3.8, 4) is 11.3 Å². The van der Waals surface area contributed by atoms with Gasteiger partial charge in [0.25, 0.3) is 0 Å². The number of hydrogen-bond acceptors (Lipinski definition) is 5. The molecule has 2 aromatic rings. The fraction of sp³-hybridized carbons (Fsp3) is 0.524. The number of hydrogen-bond donors (Lipinski definition) is 1. The van der Waals surface area contributed by atoms with E-state index in [0.29, 0.717) is 21.4 Å². The predicted octanol–water partition coefficient (Wildman–Crippen LogP) is 4.89. The quantitative estimate of drug-likeness (QED) is 0.715. The summed E-state index contributed by atoms with van der Waals surface area (Å²) >= 11 is 12.5. The standard InChI is InChI=1S/C21H27Cl2N3O2/c1-14-19(15-5-4-6-16(22)18(15)23)25-17(13-27)20(24-14)26-10-7-21(2,8-11-26)9-12-28-3/h4-6,27H,7-13H2,1-3H3. The Labute approximate surface area is 176 Å². The van der Waals surface area contributed by atoms with E-state index in [2.05, 4.69) is 11.8 Å². The minimum absolute atomic E-state index is 0.175. The first kappa shape index (κ1) is 21.3. The molecule has 0 saturated carbocycles. The van der Waals surface area contributed by atoms with Crippen LogP contribution < -0.4 is 4.90 Å². The van der Waals surface area contributed by atoms with Gasteiger partial charge in [-0.3, -0.25) is 0 Å². The van der Waals surface area contributed by atoms with Crippen LogP contribution >= 0.6 is 23.2 Å². The van der Waals surface area contributed by atoms with Gasteiger partial charge in [0.05, 0.1) is 28.0 Å². The summed E-state index contributed by atoms with van der Waals surface area (Å²) < 4.78 is 5.26. The van der Waals surface area contributed by atoms with Crippen LogP contribution in [-0.2, 0) is 11.3 Å². The molecule has 1 aromatic heterocycles. The van der Waals surface area contributed by atoms with Crippen LogP contribution in [0.15, 0.2) is 18.2 Å². The SMILES string of the molecule is COCCC1(C)CCN(c2nc(C)c(-c3cccc(Cl)c3Cl)nc2CO)CC1. The van der Waals surface area contributed by atoms with E-state index < -0.39 is 0 Å². The summed E-state index contributed by atoms with van der Waals surface area (Å²) in [6.07, 6.45) is 3.18. The molecule has 28 heavy (non-hydrogen) atoms. The fourth-order valence-corrected chi connectivity index (χ4v) is 4.09. The zero-order valence-corrected chi connectivity index (χ0v) is 18.1. The highest BCUT2D eigenvalue weighted by Crippen LogP contribution is 2.38. The lowest BCUT2D eigenvalue weighted by Crippen LogP contribution is -2.40. The number of methoxy groups -OCH3 is 1. The average Bonchev–Trinajstić information content (AvgIpc) is 2.69. The van der Waals surface area contributed by atoms with Gasteiger partial charge in [0.15, 0.2) is 5.82 Å². The van der Waals surface area contributed by atoms with Crippen molar-refractivity contribution >= 4 is 29.0 Å². The molecule has 2 heterocycles. The molecule has 0 aliphatic carbocycles. The molecule has 1 aromatic carbocycles. The minimum Gasteiger partial charge on any atom is -0.390 e. The molecule has 0 radical (unpaired) electrons. The van der Waals surface area contributed by atoms with Crippen molar-refractivity contribution in [3.63, 3.8) is 0 Å². The zero-order valence-electron chi connectivity index (χ0n) is 16.6. The summed E-state index contributed by atoms with van der Waals surface area (Å²) in [6, 6.07) is 5.45. The van der Waals surface area contributed by atoms with E-state index in [1.165, 1.54) is 0 Å². The van der Waals surface area contributed by atoms with E-state index in [-0.39, 0.29) is 12.0 Å². The number of benzene rings is 1. The summed E-state index contributed by atoms with van der Waals surface area (Å²) in [7, 11) is 1.75. The monoisotopic (exact) mass is 423 g/mol. The van der Waals surface area contributed by atoms with Crippen molar-refractivity contribution in [2.24, 2.45) is 5.41 Å². The van der Waals surface area contributed by atoms with Gasteiger partial charge < -0.3 is 14.7 Å². The molecular formula is C21H27Cl2N3O2. The molecule has 1 N–H and O–H groups in total. The summed E-state index contributed by atoms with van der Waals surface area (Å²) in [5.74, 6) is 0.760. The maximum absolute atomic E-state index is 9.95. The number of nitrogens with zero attached hydrogens (tertiary/aromatic N) is 3. The van der Waals surface area contributed by atoms with E-state index in [0.717, 1.165) is 56.0 Å². The van der Waals surface area contributed by atoms with Crippen LogP contribution in [0.3, 0.4) is 0 Å². The van der Waals surface area contributed by atoms with Crippen molar-refractivity contribution in [1.82, 2.24) is 9.97 Å². The third-order valence-corrected chi connectivity index (χ3v) is 6.48. The second-order valence-corrected chi connectivity index (χ2v) is 8.51. The second kappa shape index (κ2) is 8.95. The molecule has 152 valence electrons. The summed E-state index contributed by atoms with van der Waals surface area (Å²) in [6.45, 7) is 6.61. The van der Waals surface area contributed by atoms with Gasteiger partial charge in [-0.15, -0.1) is 0 Å². The smallest absolute Gasteiger partial charge is 0.153 e. The van der Waals surface area contributed by atoms with Crippen molar-refractivity contribution in [1.29, 1.82) is 0 Å². The lowest BCUT2D eigenvalue weighted by Gasteiger charge is -2.40. The van der Waals surface area contributed by atoms with Crippen LogP contribution in [0.5, 0.6) is 0 Å². The average molecular weight is 424 g/mol. The van der Waals surface area contributed by atoms with Gasteiger partial charge >= 0.3 is 0 Å². The van der Waals surface area contributed by atoms with E-state index in [4.69, 9.17) is 37.9 Å². The normalized spacial score (nSPS) is 16.4. The van der Waals surface area contributed by atoms with Crippen molar-refractivity contribution in [2.45, 2.75) is 39.7 Å². The Kier molecular flexibility index (Phi) is 6.81. The third-order valence-electron chi connectivity index (χ3n) is 5.66. The fourth-order valence-electron chi connectivity index (χ4n) is 3.70. The van der Waals surface area contributed by atoms with Crippen LogP contribution in [-0.4, -0.2) is 41.9 Å². The van der Waals surface area contributed by atoms with Gasteiger partial charge in [-0.05, 0) is 37.7 Å². The van der Waals surface area contributed by atoms with Crippen molar-refractivity contribution in [3.05, 3.63) is 39.6 Å². The van der Waals surface area contributed by atoms with E-state index in [9.17, 15) is 5.11 Å². The van der Waals surface area contributed by atoms with E-state index in [1.54, 1.807) is 13.2 Å². The van der Waals surface area contributed by atoms with Crippen LogP contribution in [0.1, 0.15) is 37.6 Å². The lowest BCUT2D eigenvalue weighted by molar-refractivity contribution is 0.126. The molecule has 3 rings (SSSR count). The number of halogens is 2. The number of rotatable bonds is 6. The van der Waals surface area contributed by atoms with Gasteiger partial charge in [0.1, 0.15) is 5.69 Å². The van der Waals surface area contributed by atoms with Crippen LogP contribution in [0, 0.1) is 12.3 Å². The molecule has 0 bridgehead atoms. The minimum atomic E-state index is -0.175. The van der Waals surface area contributed by atoms with Crippen LogP contribution in [0.25, 0.3) is 11.3 Å². The maximum Gasteiger partial charge on any atom is 0.153 e. The van der Waals surface area contributed by atoms with Gasteiger partial charge in [0, 0.05) is 32.4 Å². The molecule has 1 saturated heterocycles. The predicted molar refractivity (Wildman–Crippen MR) is 114 cm³/mol. The van der Waals surface area contributed by atoms with Gasteiger partial charge in [0.2, 0.25) is 0 Å². The number of aryl methyl sites for hydroxylation is 1. The highest BCUT2D eigenvalue weighted by molar-refractivity contribution is 6.43. The molecular weight excluding hydrogens is 397 g/mol. The lowest BCUT2D eigenvalue weighted by atomic mass is 9.78. The topological polar surface area (TPSA) is 58.5 Å². The van der Waals surface area contributed by atoms with Crippen LogP contribution in [0.4, 0.5) is 5.82 Å².